The predicted molar refractivity (Wildman–Crippen MR) is 129 cm³/mol. The molecule has 4 rings (SSSR count). The molecule has 1 fully saturated rings. The topological polar surface area (TPSA) is 66.5 Å². The molecule has 1 amide bonds. The van der Waals surface area contributed by atoms with E-state index in [4.69, 9.17) is 28.6 Å². The Morgan fingerprint density at radius 3 is 2.81 bits per heavy atom. The maximum Gasteiger partial charge on any atom is 0.250 e. The summed E-state index contributed by atoms with van der Waals surface area (Å²) < 4.78 is 4.86. The first-order valence-corrected chi connectivity index (χ1v) is 11.2. The van der Waals surface area contributed by atoms with E-state index in [1.54, 1.807) is 23.6 Å². The van der Waals surface area contributed by atoms with Crippen LogP contribution in [-0.2, 0) is 9.53 Å². The van der Waals surface area contributed by atoms with Crippen molar-refractivity contribution in [3.63, 3.8) is 0 Å². The molecule has 1 saturated heterocycles. The lowest BCUT2D eigenvalue weighted by molar-refractivity contribution is -0.119. The standard InChI is InChI=1S/C22H21ClN4O2S2/c1-13-6-9-18(31-13)21-20(17-5-3-4-10-24-17)26-22(30)27(21)14-7-8-16(15(23)11-14)25-19(28)12-29-2/h3-11,20-21H,12H2,1-2H3,(H,25,28)(H,26,30)/t20-,21+/m1/s1. The molecule has 9 heteroatoms. The lowest BCUT2D eigenvalue weighted by atomic mass is 10.0. The number of pyridine rings is 1. The van der Waals surface area contributed by atoms with Crippen molar-refractivity contribution in [1.29, 1.82) is 0 Å². The fourth-order valence-electron chi connectivity index (χ4n) is 3.61. The van der Waals surface area contributed by atoms with Crippen molar-refractivity contribution >= 4 is 57.5 Å². The number of thiocarbonyl (C=S) groups is 1. The molecule has 1 aliphatic rings. The third-order valence-electron chi connectivity index (χ3n) is 4.93. The van der Waals surface area contributed by atoms with Crippen LogP contribution in [0.1, 0.15) is 27.5 Å². The minimum absolute atomic E-state index is 0.0379. The number of hydrogen-bond acceptors (Lipinski definition) is 5. The van der Waals surface area contributed by atoms with Gasteiger partial charge in [-0.25, -0.2) is 0 Å². The van der Waals surface area contributed by atoms with Gasteiger partial charge in [0.05, 0.1) is 28.5 Å². The van der Waals surface area contributed by atoms with Crippen LogP contribution in [0.4, 0.5) is 11.4 Å². The highest BCUT2D eigenvalue weighted by Crippen LogP contribution is 2.44. The summed E-state index contributed by atoms with van der Waals surface area (Å²) in [5.41, 5.74) is 2.27. The number of aryl methyl sites for hydroxylation is 1. The van der Waals surface area contributed by atoms with Crippen molar-refractivity contribution in [3.05, 3.63) is 75.2 Å². The van der Waals surface area contributed by atoms with E-state index in [2.05, 4.69) is 39.6 Å². The van der Waals surface area contributed by atoms with Gasteiger partial charge in [0.1, 0.15) is 6.61 Å². The first-order valence-electron chi connectivity index (χ1n) is 9.63. The fraction of sp³-hybridized carbons (Fsp3) is 0.227. The molecule has 0 radical (unpaired) electrons. The minimum Gasteiger partial charge on any atom is -0.375 e. The molecule has 0 unspecified atom stereocenters. The molecule has 0 aliphatic carbocycles. The van der Waals surface area contributed by atoms with Crippen LogP contribution in [0.3, 0.4) is 0 Å². The van der Waals surface area contributed by atoms with Gasteiger partial charge in [-0.3, -0.25) is 9.78 Å². The molecule has 2 N–H and O–H groups in total. The van der Waals surface area contributed by atoms with Gasteiger partial charge in [0, 0.05) is 28.7 Å². The van der Waals surface area contributed by atoms with Crippen molar-refractivity contribution in [2.75, 3.05) is 23.9 Å². The number of aromatic nitrogens is 1. The summed E-state index contributed by atoms with van der Waals surface area (Å²) >= 11 is 14.0. The summed E-state index contributed by atoms with van der Waals surface area (Å²) in [6.07, 6.45) is 1.79. The Kier molecular flexibility index (Phi) is 6.52. The van der Waals surface area contributed by atoms with Gasteiger partial charge in [0.25, 0.3) is 0 Å². The molecular formula is C22H21ClN4O2S2. The lowest BCUT2D eigenvalue weighted by Gasteiger charge is -2.27. The molecule has 0 saturated carbocycles. The highest BCUT2D eigenvalue weighted by molar-refractivity contribution is 7.80. The molecule has 1 aromatic carbocycles. The number of amides is 1. The van der Waals surface area contributed by atoms with Crippen LogP contribution < -0.4 is 15.5 Å². The van der Waals surface area contributed by atoms with Gasteiger partial charge in [0.15, 0.2) is 5.11 Å². The minimum atomic E-state index is -0.266. The van der Waals surface area contributed by atoms with Gasteiger partial charge < -0.3 is 20.3 Å². The molecule has 0 bridgehead atoms. The van der Waals surface area contributed by atoms with Crippen molar-refractivity contribution in [2.45, 2.75) is 19.0 Å². The smallest absolute Gasteiger partial charge is 0.250 e. The lowest BCUT2D eigenvalue weighted by Crippen LogP contribution is -2.29. The Bertz CT molecular complexity index is 1110. The number of carbonyl (C=O) groups is 1. The van der Waals surface area contributed by atoms with Crippen LogP contribution in [0.15, 0.2) is 54.7 Å². The maximum absolute atomic E-state index is 11.9. The highest BCUT2D eigenvalue weighted by Gasteiger charge is 2.41. The number of ether oxygens (including phenoxy) is 1. The Labute approximate surface area is 195 Å². The Hall–Kier alpha value is -2.52. The quantitative estimate of drug-likeness (QED) is 0.499. The number of hydrogen-bond donors (Lipinski definition) is 2. The first-order chi connectivity index (χ1) is 15.0. The second kappa shape index (κ2) is 9.32. The normalized spacial score (nSPS) is 18.2. The summed E-state index contributed by atoms with van der Waals surface area (Å²) in [6, 6.07) is 15.4. The number of halogens is 1. The van der Waals surface area contributed by atoms with E-state index in [1.165, 1.54) is 16.9 Å². The van der Waals surface area contributed by atoms with Gasteiger partial charge >= 0.3 is 0 Å². The summed E-state index contributed by atoms with van der Waals surface area (Å²) in [7, 11) is 1.47. The number of methoxy groups -OCH3 is 1. The molecule has 6 nitrogen and oxygen atoms in total. The SMILES string of the molecule is COCC(=O)Nc1ccc(N2C(=S)N[C@H](c3ccccn3)[C@@H]2c2ccc(C)s2)cc1Cl. The maximum atomic E-state index is 11.9. The molecule has 160 valence electrons. The van der Waals surface area contributed by atoms with E-state index in [-0.39, 0.29) is 24.6 Å². The number of nitrogens with one attached hydrogen (secondary N) is 2. The summed E-state index contributed by atoms with van der Waals surface area (Å²) in [6.45, 7) is 2.05. The van der Waals surface area contributed by atoms with E-state index < -0.39 is 0 Å². The number of carbonyl (C=O) groups excluding carboxylic acids is 1. The number of nitrogens with zero attached hydrogens (tertiary/aromatic N) is 2. The molecule has 3 aromatic rings. The van der Waals surface area contributed by atoms with Crippen LogP contribution in [0.5, 0.6) is 0 Å². The third-order valence-corrected chi connectivity index (χ3v) is 6.63. The Morgan fingerprint density at radius 1 is 1.32 bits per heavy atom. The molecule has 3 heterocycles. The van der Waals surface area contributed by atoms with E-state index in [0.29, 0.717) is 15.8 Å². The van der Waals surface area contributed by atoms with E-state index in [9.17, 15) is 4.79 Å². The number of thiophene rings is 1. The molecule has 0 spiro atoms. The zero-order valence-corrected chi connectivity index (χ0v) is 19.4. The van der Waals surface area contributed by atoms with Crippen LogP contribution in [0.25, 0.3) is 0 Å². The zero-order valence-electron chi connectivity index (χ0n) is 17.0. The average molecular weight is 473 g/mol. The van der Waals surface area contributed by atoms with Crippen LogP contribution in [-0.4, -0.2) is 29.7 Å². The number of rotatable bonds is 6. The van der Waals surface area contributed by atoms with Crippen molar-refractivity contribution in [2.24, 2.45) is 0 Å². The van der Waals surface area contributed by atoms with Crippen molar-refractivity contribution < 1.29 is 9.53 Å². The van der Waals surface area contributed by atoms with Crippen LogP contribution in [0, 0.1) is 6.92 Å². The molecular weight excluding hydrogens is 452 g/mol. The van der Waals surface area contributed by atoms with Gasteiger partial charge in [-0.2, -0.15) is 0 Å². The molecule has 1 aliphatic heterocycles. The third kappa shape index (κ3) is 4.57. The highest BCUT2D eigenvalue weighted by atomic mass is 35.5. The summed E-state index contributed by atoms with van der Waals surface area (Å²) in [4.78, 5) is 20.9. The second-order valence-electron chi connectivity index (χ2n) is 7.09. The average Bonchev–Trinajstić information content (AvgIpc) is 3.33. The largest absolute Gasteiger partial charge is 0.375 e. The summed E-state index contributed by atoms with van der Waals surface area (Å²) in [5.74, 6) is -0.266. The number of anilines is 2. The fourth-order valence-corrected chi connectivity index (χ4v) is 5.18. The Morgan fingerprint density at radius 2 is 2.16 bits per heavy atom. The van der Waals surface area contributed by atoms with Crippen LogP contribution >= 0.6 is 35.2 Å². The number of benzene rings is 1. The zero-order chi connectivity index (χ0) is 22.0. The van der Waals surface area contributed by atoms with E-state index in [1.807, 2.05) is 30.3 Å². The van der Waals surface area contributed by atoms with Crippen LogP contribution in [0.2, 0.25) is 5.02 Å². The van der Waals surface area contributed by atoms with Gasteiger partial charge in [0.2, 0.25) is 5.91 Å². The van der Waals surface area contributed by atoms with Gasteiger partial charge in [-0.1, -0.05) is 17.7 Å². The monoisotopic (exact) mass is 472 g/mol. The van der Waals surface area contributed by atoms with E-state index >= 15 is 0 Å². The van der Waals surface area contributed by atoms with Crippen molar-refractivity contribution in [3.8, 4) is 0 Å². The van der Waals surface area contributed by atoms with Crippen molar-refractivity contribution in [1.82, 2.24) is 10.3 Å². The molecule has 2 atom stereocenters. The first kappa shape index (κ1) is 21.7. The molecule has 2 aromatic heterocycles. The van der Waals surface area contributed by atoms with E-state index in [0.717, 1.165) is 11.4 Å². The summed E-state index contributed by atoms with van der Waals surface area (Å²) in [5, 5.41) is 7.20. The van der Waals surface area contributed by atoms with Gasteiger partial charge in [-0.15, -0.1) is 11.3 Å². The predicted octanol–water partition coefficient (Wildman–Crippen LogP) is 4.87. The van der Waals surface area contributed by atoms with Gasteiger partial charge in [-0.05, 0) is 61.6 Å². The Balaban J connectivity index is 1.71. The second-order valence-corrected chi connectivity index (χ2v) is 9.20. The molecule has 31 heavy (non-hydrogen) atoms.